The predicted molar refractivity (Wildman–Crippen MR) is 93.2 cm³/mol. The normalized spacial score (nSPS) is 11.0. The van der Waals surface area contributed by atoms with Gasteiger partial charge in [-0.25, -0.2) is 4.98 Å². The maximum atomic E-state index is 4.80. The number of hydrogen-bond acceptors (Lipinski definition) is 2. The number of benzene rings is 2. The number of nitrogens with zero attached hydrogens (tertiary/aromatic N) is 3. The Labute approximate surface area is 135 Å². The van der Waals surface area contributed by atoms with E-state index in [9.17, 15) is 0 Å². The van der Waals surface area contributed by atoms with Gasteiger partial charge in [0.15, 0.2) is 5.82 Å². The Balaban J connectivity index is 1.87. The van der Waals surface area contributed by atoms with Crippen LogP contribution in [0.25, 0.3) is 22.6 Å². The lowest BCUT2D eigenvalue weighted by molar-refractivity contribution is 0.830. The van der Waals surface area contributed by atoms with Crippen LogP contribution in [0.1, 0.15) is 11.1 Å². The lowest BCUT2D eigenvalue weighted by Crippen LogP contribution is -2.03. The SMILES string of the molecule is Cc1ccc(Cn2c(-c3ccccn3)nc3ccccc32)cc1. The summed E-state index contributed by atoms with van der Waals surface area (Å²) in [6.07, 6.45) is 1.81. The van der Waals surface area contributed by atoms with Crippen molar-refractivity contribution in [3.05, 3.63) is 84.1 Å². The van der Waals surface area contributed by atoms with Gasteiger partial charge in [0.05, 0.1) is 11.0 Å². The predicted octanol–water partition coefficient (Wildman–Crippen LogP) is 4.46. The van der Waals surface area contributed by atoms with Crippen molar-refractivity contribution in [2.24, 2.45) is 0 Å². The van der Waals surface area contributed by atoms with Gasteiger partial charge in [-0.3, -0.25) is 4.98 Å². The molecule has 0 amide bonds. The average molecular weight is 299 g/mol. The van der Waals surface area contributed by atoms with E-state index in [0.29, 0.717) is 0 Å². The molecule has 0 aliphatic carbocycles. The summed E-state index contributed by atoms with van der Waals surface area (Å²) in [6, 6.07) is 22.8. The molecule has 0 radical (unpaired) electrons. The van der Waals surface area contributed by atoms with Crippen molar-refractivity contribution in [1.82, 2.24) is 14.5 Å². The van der Waals surface area contributed by atoms with E-state index in [1.54, 1.807) is 0 Å². The van der Waals surface area contributed by atoms with Crippen molar-refractivity contribution in [2.45, 2.75) is 13.5 Å². The summed E-state index contributed by atoms with van der Waals surface area (Å²) in [7, 11) is 0. The van der Waals surface area contributed by atoms with Crippen LogP contribution in [-0.4, -0.2) is 14.5 Å². The van der Waals surface area contributed by atoms with E-state index >= 15 is 0 Å². The highest BCUT2D eigenvalue weighted by atomic mass is 15.1. The summed E-state index contributed by atoms with van der Waals surface area (Å²) >= 11 is 0. The molecular formula is C20H17N3. The van der Waals surface area contributed by atoms with Crippen molar-refractivity contribution in [2.75, 3.05) is 0 Å². The fourth-order valence-corrected chi connectivity index (χ4v) is 2.80. The van der Waals surface area contributed by atoms with E-state index in [2.05, 4.69) is 52.9 Å². The van der Waals surface area contributed by atoms with Crippen LogP contribution in [0.4, 0.5) is 0 Å². The maximum absolute atomic E-state index is 4.80. The van der Waals surface area contributed by atoms with E-state index < -0.39 is 0 Å². The summed E-state index contributed by atoms with van der Waals surface area (Å²) in [5.74, 6) is 0.910. The van der Waals surface area contributed by atoms with Gasteiger partial charge in [0.1, 0.15) is 5.69 Å². The molecule has 0 saturated carbocycles. The Morgan fingerprint density at radius 3 is 2.43 bits per heavy atom. The zero-order chi connectivity index (χ0) is 15.6. The Morgan fingerprint density at radius 2 is 1.65 bits per heavy atom. The third-order valence-electron chi connectivity index (χ3n) is 4.01. The van der Waals surface area contributed by atoms with Crippen LogP contribution < -0.4 is 0 Å². The number of fused-ring (bicyclic) bond motifs is 1. The molecule has 4 rings (SSSR count). The largest absolute Gasteiger partial charge is 0.318 e. The van der Waals surface area contributed by atoms with Gasteiger partial charge in [0, 0.05) is 12.7 Å². The lowest BCUT2D eigenvalue weighted by atomic mass is 10.1. The molecule has 2 heterocycles. The van der Waals surface area contributed by atoms with E-state index in [4.69, 9.17) is 4.98 Å². The first-order valence-electron chi connectivity index (χ1n) is 7.73. The smallest absolute Gasteiger partial charge is 0.160 e. The van der Waals surface area contributed by atoms with Crippen molar-refractivity contribution >= 4 is 11.0 Å². The minimum atomic E-state index is 0.784. The van der Waals surface area contributed by atoms with Crippen LogP contribution >= 0.6 is 0 Å². The van der Waals surface area contributed by atoms with Gasteiger partial charge in [-0.1, -0.05) is 48.0 Å². The monoisotopic (exact) mass is 299 g/mol. The van der Waals surface area contributed by atoms with Crippen molar-refractivity contribution in [3.63, 3.8) is 0 Å². The molecule has 4 aromatic rings. The van der Waals surface area contributed by atoms with E-state index in [1.807, 2.05) is 36.5 Å². The van der Waals surface area contributed by atoms with E-state index in [-0.39, 0.29) is 0 Å². The van der Waals surface area contributed by atoms with Crippen LogP contribution in [0.3, 0.4) is 0 Å². The van der Waals surface area contributed by atoms with Crippen molar-refractivity contribution in [1.29, 1.82) is 0 Å². The number of aromatic nitrogens is 3. The molecule has 3 heteroatoms. The second-order valence-corrected chi connectivity index (χ2v) is 5.71. The van der Waals surface area contributed by atoms with Gasteiger partial charge >= 0.3 is 0 Å². The molecule has 112 valence electrons. The number of para-hydroxylation sites is 2. The average Bonchev–Trinajstić information content (AvgIpc) is 2.96. The topological polar surface area (TPSA) is 30.7 Å². The molecule has 0 aliphatic heterocycles. The van der Waals surface area contributed by atoms with Gasteiger partial charge in [-0.2, -0.15) is 0 Å². The molecule has 2 aromatic carbocycles. The number of pyridine rings is 1. The summed E-state index contributed by atoms with van der Waals surface area (Å²) in [4.78, 5) is 9.27. The first kappa shape index (κ1) is 13.7. The van der Waals surface area contributed by atoms with E-state index in [1.165, 1.54) is 11.1 Å². The summed E-state index contributed by atoms with van der Waals surface area (Å²) in [5, 5.41) is 0. The molecule has 0 fully saturated rings. The standard InChI is InChI=1S/C20H17N3/c1-15-9-11-16(12-10-15)14-23-19-8-3-2-6-17(19)22-20(23)18-7-4-5-13-21-18/h2-13H,14H2,1H3. The fourth-order valence-electron chi connectivity index (χ4n) is 2.80. The number of hydrogen-bond donors (Lipinski definition) is 0. The number of aryl methyl sites for hydroxylation is 1. The molecule has 0 aliphatic rings. The zero-order valence-electron chi connectivity index (χ0n) is 13.0. The Bertz CT molecular complexity index is 938. The Hall–Kier alpha value is -2.94. The molecule has 0 bridgehead atoms. The zero-order valence-corrected chi connectivity index (χ0v) is 13.0. The second-order valence-electron chi connectivity index (χ2n) is 5.71. The van der Waals surface area contributed by atoms with Gasteiger partial charge in [0.25, 0.3) is 0 Å². The minimum absolute atomic E-state index is 0.784. The first-order chi connectivity index (χ1) is 11.3. The van der Waals surface area contributed by atoms with Crippen molar-refractivity contribution < 1.29 is 0 Å². The Morgan fingerprint density at radius 1 is 0.870 bits per heavy atom. The third-order valence-corrected chi connectivity index (χ3v) is 4.01. The van der Waals surface area contributed by atoms with Crippen LogP contribution in [0.5, 0.6) is 0 Å². The molecular weight excluding hydrogens is 282 g/mol. The second kappa shape index (κ2) is 5.69. The molecule has 23 heavy (non-hydrogen) atoms. The first-order valence-corrected chi connectivity index (χ1v) is 7.73. The molecule has 0 atom stereocenters. The summed E-state index contributed by atoms with van der Waals surface area (Å²) in [5.41, 5.74) is 5.56. The molecule has 0 unspecified atom stereocenters. The molecule has 3 nitrogen and oxygen atoms in total. The lowest BCUT2D eigenvalue weighted by Gasteiger charge is -2.09. The van der Waals surface area contributed by atoms with Crippen molar-refractivity contribution in [3.8, 4) is 11.5 Å². The Kier molecular flexibility index (Phi) is 3.39. The van der Waals surface area contributed by atoms with Gasteiger partial charge in [0.2, 0.25) is 0 Å². The number of rotatable bonds is 3. The van der Waals surface area contributed by atoms with Gasteiger partial charge in [-0.05, 0) is 36.8 Å². The molecule has 0 saturated heterocycles. The summed E-state index contributed by atoms with van der Waals surface area (Å²) in [6.45, 7) is 2.89. The maximum Gasteiger partial charge on any atom is 0.160 e. The van der Waals surface area contributed by atoms with E-state index in [0.717, 1.165) is 29.1 Å². The highest BCUT2D eigenvalue weighted by Crippen LogP contribution is 2.24. The van der Waals surface area contributed by atoms with Crippen LogP contribution in [0.15, 0.2) is 72.9 Å². The van der Waals surface area contributed by atoms with Gasteiger partial charge < -0.3 is 4.57 Å². The van der Waals surface area contributed by atoms with Crippen LogP contribution in [0.2, 0.25) is 0 Å². The fraction of sp³-hybridized carbons (Fsp3) is 0.100. The molecule has 2 aromatic heterocycles. The third kappa shape index (κ3) is 2.61. The highest BCUT2D eigenvalue weighted by Gasteiger charge is 2.13. The van der Waals surface area contributed by atoms with Crippen LogP contribution in [-0.2, 0) is 6.54 Å². The quantitative estimate of drug-likeness (QED) is 0.559. The highest BCUT2D eigenvalue weighted by molar-refractivity contribution is 5.80. The minimum Gasteiger partial charge on any atom is -0.318 e. The summed E-state index contributed by atoms with van der Waals surface area (Å²) < 4.78 is 2.24. The van der Waals surface area contributed by atoms with Gasteiger partial charge in [-0.15, -0.1) is 0 Å². The number of imidazole rings is 1. The van der Waals surface area contributed by atoms with Crippen LogP contribution in [0, 0.1) is 6.92 Å². The molecule has 0 spiro atoms. The molecule has 0 N–H and O–H groups in total.